The molecule has 0 spiro atoms. The van der Waals surface area contributed by atoms with Gasteiger partial charge in [-0.2, -0.15) is 0 Å². The van der Waals surface area contributed by atoms with Crippen LogP contribution in [0, 0.1) is 5.82 Å². The van der Waals surface area contributed by atoms with Crippen LogP contribution >= 0.6 is 0 Å². The third-order valence-electron chi connectivity index (χ3n) is 3.91. The van der Waals surface area contributed by atoms with Gasteiger partial charge in [0, 0.05) is 18.3 Å². The van der Waals surface area contributed by atoms with Gasteiger partial charge in [-0.15, -0.1) is 0 Å². The molecule has 0 unspecified atom stereocenters. The zero-order valence-corrected chi connectivity index (χ0v) is 14.1. The van der Waals surface area contributed by atoms with Crippen LogP contribution in [0.25, 0.3) is 0 Å². The predicted octanol–water partition coefficient (Wildman–Crippen LogP) is 3.21. The Kier molecular flexibility index (Phi) is 4.52. The molecule has 8 heteroatoms. The molecule has 7 nitrogen and oxygen atoms in total. The summed E-state index contributed by atoms with van der Waals surface area (Å²) >= 11 is 0. The van der Waals surface area contributed by atoms with Gasteiger partial charge in [-0.05, 0) is 42.0 Å². The van der Waals surface area contributed by atoms with Crippen molar-refractivity contribution in [2.45, 2.75) is 6.54 Å². The zero-order valence-electron chi connectivity index (χ0n) is 14.1. The van der Waals surface area contributed by atoms with Crippen LogP contribution < -0.4 is 20.1 Å². The molecule has 0 fully saturated rings. The average Bonchev–Trinajstić information content (AvgIpc) is 3.16. The predicted molar refractivity (Wildman–Crippen MR) is 96.3 cm³/mol. The lowest BCUT2D eigenvalue weighted by Crippen LogP contribution is -2.14. The van der Waals surface area contributed by atoms with Gasteiger partial charge in [0.15, 0.2) is 11.5 Å². The lowest BCUT2D eigenvalue weighted by Gasteiger charge is -2.08. The second-order valence-corrected chi connectivity index (χ2v) is 5.79. The van der Waals surface area contributed by atoms with Crippen molar-refractivity contribution in [3.63, 3.8) is 0 Å². The number of aromatic nitrogens is 2. The Bertz CT molecular complexity index is 979. The summed E-state index contributed by atoms with van der Waals surface area (Å²) in [7, 11) is 0. The van der Waals surface area contributed by atoms with Crippen molar-refractivity contribution in [3.05, 3.63) is 71.9 Å². The molecule has 27 heavy (non-hydrogen) atoms. The summed E-state index contributed by atoms with van der Waals surface area (Å²) in [6, 6.07) is 12.7. The van der Waals surface area contributed by atoms with Crippen LogP contribution in [0.4, 0.5) is 15.9 Å². The second-order valence-electron chi connectivity index (χ2n) is 5.79. The van der Waals surface area contributed by atoms with Gasteiger partial charge in [0.2, 0.25) is 6.79 Å². The number of anilines is 2. The quantitative estimate of drug-likeness (QED) is 0.721. The summed E-state index contributed by atoms with van der Waals surface area (Å²) in [5.74, 6) is 1.16. The van der Waals surface area contributed by atoms with Crippen LogP contribution in [-0.2, 0) is 6.54 Å². The molecule has 0 bridgehead atoms. The molecule has 1 aliphatic rings. The maximum Gasteiger partial charge on any atom is 0.274 e. The van der Waals surface area contributed by atoms with Crippen LogP contribution in [0.2, 0.25) is 0 Å². The lowest BCUT2D eigenvalue weighted by molar-refractivity contribution is 0.102. The number of ether oxygens (including phenoxy) is 2. The highest BCUT2D eigenvalue weighted by Crippen LogP contribution is 2.32. The van der Waals surface area contributed by atoms with Crippen molar-refractivity contribution in [2.75, 3.05) is 17.4 Å². The number of carbonyl (C=O) groups excluding carboxylic acids is 1. The number of nitrogens with zero attached hydrogens (tertiary/aromatic N) is 2. The van der Waals surface area contributed by atoms with Gasteiger partial charge in [0.25, 0.3) is 5.91 Å². The summed E-state index contributed by atoms with van der Waals surface area (Å²) in [5.41, 5.74) is 1.66. The van der Waals surface area contributed by atoms with E-state index in [2.05, 4.69) is 20.6 Å². The van der Waals surface area contributed by atoms with E-state index in [1.54, 1.807) is 6.07 Å². The Morgan fingerprint density at radius 3 is 2.70 bits per heavy atom. The summed E-state index contributed by atoms with van der Waals surface area (Å²) in [4.78, 5) is 20.4. The van der Waals surface area contributed by atoms with Crippen molar-refractivity contribution in [3.8, 4) is 11.5 Å². The summed E-state index contributed by atoms with van der Waals surface area (Å²) < 4.78 is 23.6. The maximum absolute atomic E-state index is 12.9. The molecule has 0 radical (unpaired) electrons. The van der Waals surface area contributed by atoms with Crippen molar-refractivity contribution in [1.29, 1.82) is 0 Å². The Morgan fingerprint density at radius 2 is 1.85 bits per heavy atom. The highest BCUT2D eigenvalue weighted by atomic mass is 19.1. The molecule has 3 aromatic rings. The Morgan fingerprint density at radius 1 is 1.04 bits per heavy atom. The SMILES string of the molecule is O=C(Nc1ccc(F)cc1)c1cc(NCc2ccc3c(c2)OCO3)ncn1. The molecule has 0 saturated heterocycles. The van der Waals surface area contributed by atoms with E-state index in [0.717, 1.165) is 11.3 Å². The topological polar surface area (TPSA) is 85.4 Å². The molecule has 2 aromatic carbocycles. The number of carbonyl (C=O) groups is 1. The fraction of sp³-hybridized carbons (Fsp3) is 0.105. The minimum atomic E-state index is -0.407. The average molecular weight is 366 g/mol. The van der Waals surface area contributed by atoms with Crippen molar-refractivity contribution >= 4 is 17.4 Å². The molecule has 0 saturated carbocycles. The minimum absolute atomic E-state index is 0.197. The van der Waals surface area contributed by atoms with Crippen LogP contribution in [0.5, 0.6) is 11.5 Å². The highest BCUT2D eigenvalue weighted by molar-refractivity contribution is 6.03. The van der Waals surface area contributed by atoms with E-state index in [1.807, 2.05) is 18.2 Å². The van der Waals surface area contributed by atoms with Crippen molar-refractivity contribution in [2.24, 2.45) is 0 Å². The molecule has 1 aromatic heterocycles. The van der Waals surface area contributed by atoms with E-state index >= 15 is 0 Å². The van der Waals surface area contributed by atoms with Gasteiger partial charge in [-0.3, -0.25) is 4.79 Å². The molecule has 1 amide bonds. The first-order valence-electron chi connectivity index (χ1n) is 8.19. The first kappa shape index (κ1) is 16.8. The van der Waals surface area contributed by atoms with Crippen molar-refractivity contribution in [1.82, 2.24) is 9.97 Å². The highest BCUT2D eigenvalue weighted by Gasteiger charge is 2.13. The summed E-state index contributed by atoms with van der Waals surface area (Å²) in [6.45, 7) is 0.720. The number of fused-ring (bicyclic) bond motifs is 1. The molecule has 0 atom stereocenters. The molecule has 2 N–H and O–H groups in total. The molecule has 4 rings (SSSR count). The van der Waals surface area contributed by atoms with Crippen LogP contribution in [0.15, 0.2) is 54.9 Å². The monoisotopic (exact) mass is 366 g/mol. The molecule has 1 aliphatic heterocycles. The van der Waals surface area contributed by atoms with E-state index in [4.69, 9.17) is 9.47 Å². The molecule has 136 valence electrons. The standard InChI is InChI=1S/C19H15FN4O3/c20-13-2-4-14(5-3-13)24-19(25)15-8-18(23-10-22-15)21-9-12-1-6-16-17(7-12)27-11-26-16/h1-8,10H,9,11H2,(H,24,25)(H,21,22,23). The number of nitrogens with one attached hydrogen (secondary N) is 2. The minimum Gasteiger partial charge on any atom is -0.454 e. The van der Waals surface area contributed by atoms with Gasteiger partial charge in [-0.25, -0.2) is 14.4 Å². The number of hydrogen-bond acceptors (Lipinski definition) is 6. The molecule has 2 heterocycles. The number of halogens is 1. The second kappa shape index (κ2) is 7.28. The Hall–Kier alpha value is -3.68. The van der Waals surface area contributed by atoms with E-state index in [9.17, 15) is 9.18 Å². The summed E-state index contributed by atoms with van der Waals surface area (Å²) in [5, 5.41) is 5.80. The number of rotatable bonds is 5. The molecule has 0 aliphatic carbocycles. The first-order valence-corrected chi connectivity index (χ1v) is 8.19. The number of amides is 1. The Balaban J connectivity index is 1.41. The fourth-order valence-corrected chi connectivity index (χ4v) is 2.55. The van der Waals surface area contributed by atoms with Crippen LogP contribution in [0.1, 0.15) is 16.1 Å². The third kappa shape index (κ3) is 3.95. The van der Waals surface area contributed by atoms with Gasteiger partial charge in [0.1, 0.15) is 23.7 Å². The first-order chi connectivity index (χ1) is 13.2. The van der Waals surface area contributed by atoms with Gasteiger partial charge in [-0.1, -0.05) is 6.07 Å². The normalized spacial score (nSPS) is 11.9. The van der Waals surface area contributed by atoms with Gasteiger partial charge < -0.3 is 20.1 Å². The van der Waals surface area contributed by atoms with Crippen LogP contribution in [-0.4, -0.2) is 22.7 Å². The number of benzene rings is 2. The van der Waals surface area contributed by atoms with Crippen LogP contribution in [0.3, 0.4) is 0 Å². The molecular weight excluding hydrogens is 351 g/mol. The number of hydrogen-bond donors (Lipinski definition) is 2. The largest absolute Gasteiger partial charge is 0.454 e. The Labute approximate surface area is 154 Å². The summed E-state index contributed by atoms with van der Waals surface area (Å²) in [6.07, 6.45) is 1.31. The lowest BCUT2D eigenvalue weighted by atomic mass is 10.2. The van der Waals surface area contributed by atoms with E-state index < -0.39 is 5.91 Å². The maximum atomic E-state index is 12.9. The molecular formula is C19H15FN4O3. The smallest absolute Gasteiger partial charge is 0.274 e. The third-order valence-corrected chi connectivity index (χ3v) is 3.91. The zero-order chi connectivity index (χ0) is 18.6. The fourth-order valence-electron chi connectivity index (χ4n) is 2.55. The van der Waals surface area contributed by atoms with Gasteiger partial charge >= 0.3 is 0 Å². The van der Waals surface area contributed by atoms with E-state index in [-0.39, 0.29) is 18.3 Å². The van der Waals surface area contributed by atoms with Crippen molar-refractivity contribution < 1.29 is 18.7 Å². The van der Waals surface area contributed by atoms with E-state index in [0.29, 0.717) is 23.8 Å². The van der Waals surface area contributed by atoms with E-state index in [1.165, 1.54) is 30.6 Å². The van der Waals surface area contributed by atoms with Gasteiger partial charge in [0.05, 0.1) is 0 Å².